The third kappa shape index (κ3) is 2.61. The van der Waals surface area contributed by atoms with E-state index in [1.165, 1.54) is 0 Å². The Bertz CT molecular complexity index is 731. The average Bonchev–Trinajstić information content (AvgIpc) is 3.24. The molecule has 1 saturated carbocycles. The lowest BCUT2D eigenvalue weighted by molar-refractivity contribution is -0.149. The van der Waals surface area contributed by atoms with E-state index in [2.05, 4.69) is 10.3 Å². The number of benzene rings is 1. The van der Waals surface area contributed by atoms with Crippen molar-refractivity contribution in [2.75, 3.05) is 0 Å². The van der Waals surface area contributed by atoms with Gasteiger partial charge in [0.25, 0.3) is 0 Å². The highest BCUT2D eigenvalue weighted by Gasteiger charge is 2.53. The second-order valence-electron chi connectivity index (χ2n) is 6.30. The van der Waals surface area contributed by atoms with Crippen LogP contribution >= 0.6 is 11.3 Å². The van der Waals surface area contributed by atoms with E-state index < -0.39 is 5.60 Å². The number of thiazole rings is 1. The van der Waals surface area contributed by atoms with E-state index in [1.54, 1.807) is 11.3 Å². The first kappa shape index (κ1) is 14.6. The van der Waals surface area contributed by atoms with Gasteiger partial charge in [0, 0.05) is 0 Å². The molecule has 23 heavy (non-hydrogen) atoms. The zero-order valence-electron chi connectivity index (χ0n) is 12.7. The van der Waals surface area contributed by atoms with E-state index in [4.69, 9.17) is 4.74 Å². The Hall–Kier alpha value is -1.95. The predicted molar refractivity (Wildman–Crippen MR) is 86.9 cm³/mol. The zero-order chi connectivity index (χ0) is 15.9. The molecule has 2 heterocycles. The Morgan fingerprint density at radius 2 is 2.13 bits per heavy atom. The quantitative estimate of drug-likeness (QED) is 0.879. The maximum atomic E-state index is 12.6. The van der Waals surface area contributed by atoms with Crippen LogP contribution in [0.1, 0.15) is 37.1 Å². The van der Waals surface area contributed by atoms with Gasteiger partial charge in [0.1, 0.15) is 10.6 Å². The molecule has 1 aliphatic carbocycles. The number of carbonyl (C=O) groups excluding carboxylic acids is 2. The van der Waals surface area contributed by atoms with Gasteiger partial charge in [0.2, 0.25) is 5.91 Å². The summed E-state index contributed by atoms with van der Waals surface area (Å²) in [5, 5.41) is 3.83. The fourth-order valence-electron chi connectivity index (χ4n) is 3.73. The lowest BCUT2D eigenvalue weighted by Crippen LogP contribution is -2.42. The number of fused-ring (bicyclic) bond motifs is 1. The Labute approximate surface area is 138 Å². The molecule has 0 bridgehead atoms. The molecule has 1 aromatic heterocycles. The minimum absolute atomic E-state index is 0.0861. The Morgan fingerprint density at radius 3 is 2.91 bits per heavy atom. The highest BCUT2D eigenvalue weighted by molar-refractivity contribution is 7.18. The topological polar surface area (TPSA) is 68.3 Å². The largest absolute Gasteiger partial charge is 0.458 e. The number of amides is 1. The van der Waals surface area contributed by atoms with Crippen LogP contribution in [-0.2, 0) is 20.9 Å². The molecule has 4 rings (SSSR count). The van der Waals surface area contributed by atoms with Gasteiger partial charge in [-0.15, -0.1) is 11.3 Å². The molecule has 1 amide bonds. The summed E-state index contributed by atoms with van der Waals surface area (Å²) in [5.74, 6) is -0.684. The normalized spacial score (nSPS) is 22.6. The molecule has 2 aromatic rings. The highest BCUT2D eigenvalue weighted by Crippen LogP contribution is 2.45. The van der Waals surface area contributed by atoms with Crippen LogP contribution in [0.3, 0.4) is 0 Å². The third-order valence-corrected chi connectivity index (χ3v) is 5.88. The van der Waals surface area contributed by atoms with Crippen LogP contribution in [-0.4, -0.2) is 22.5 Å². The van der Waals surface area contributed by atoms with Crippen molar-refractivity contribution in [3.05, 3.63) is 29.3 Å². The van der Waals surface area contributed by atoms with Crippen LogP contribution in [0.4, 0.5) is 0 Å². The van der Waals surface area contributed by atoms with Crippen molar-refractivity contribution >= 4 is 33.4 Å². The predicted octanol–water partition coefficient (Wildman–Crippen LogP) is 2.79. The van der Waals surface area contributed by atoms with Crippen LogP contribution in [0.5, 0.6) is 0 Å². The summed E-state index contributed by atoms with van der Waals surface area (Å²) in [6, 6.07) is 7.92. The first-order valence-corrected chi connectivity index (χ1v) is 8.82. The number of rotatable bonds is 3. The van der Waals surface area contributed by atoms with E-state index >= 15 is 0 Å². The molecular weight excluding hydrogens is 312 g/mol. The van der Waals surface area contributed by atoms with Crippen molar-refractivity contribution in [2.45, 2.75) is 44.2 Å². The van der Waals surface area contributed by atoms with Crippen molar-refractivity contribution < 1.29 is 14.3 Å². The van der Waals surface area contributed by atoms with Crippen molar-refractivity contribution in [3.8, 4) is 0 Å². The number of esters is 1. The zero-order valence-corrected chi connectivity index (χ0v) is 13.5. The summed E-state index contributed by atoms with van der Waals surface area (Å²) in [4.78, 5) is 28.8. The van der Waals surface area contributed by atoms with Crippen LogP contribution in [0.25, 0.3) is 10.2 Å². The van der Waals surface area contributed by atoms with Crippen LogP contribution in [0.15, 0.2) is 24.3 Å². The van der Waals surface area contributed by atoms with E-state index in [0.29, 0.717) is 6.54 Å². The summed E-state index contributed by atoms with van der Waals surface area (Å²) >= 11 is 1.58. The molecule has 1 saturated heterocycles. The van der Waals surface area contributed by atoms with Gasteiger partial charge in [-0.1, -0.05) is 12.1 Å². The molecule has 1 N–H and O–H groups in total. The van der Waals surface area contributed by atoms with E-state index in [1.807, 2.05) is 24.3 Å². The molecule has 1 atom stereocenters. The Kier molecular flexibility index (Phi) is 3.56. The SMILES string of the molecule is O=C1C[C@H](C(=O)NCc2nc3ccccc3s2)C2(CCCC2)O1. The fraction of sp³-hybridized carbons (Fsp3) is 0.471. The number of nitrogens with one attached hydrogen (secondary N) is 1. The number of ether oxygens (including phenoxy) is 1. The van der Waals surface area contributed by atoms with E-state index in [0.717, 1.165) is 40.9 Å². The first-order valence-electron chi connectivity index (χ1n) is 8.00. The summed E-state index contributed by atoms with van der Waals surface area (Å²) in [6.45, 7) is 0.402. The molecular formula is C17H18N2O3S. The first-order chi connectivity index (χ1) is 11.2. The standard InChI is InChI=1S/C17H18N2O3S/c20-15-9-11(17(22-15)7-3-4-8-17)16(21)18-10-14-19-12-5-1-2-6-13(12)23-14/h1-2,5-6,11H,3-4,7-10H2,(H,18,21)/t11-/m1/s1. The fourth-order valence-corrected chi connectivity index (χ4v) is 4.64. The second-order valence-corrected chi connectivity index (χ2v) is 7.41. The monoisotopic (exact) mass is 330 g/mol. The van der Waals surface area contributed by atoms with Crippen LogP contribution in [0, 0.1) is 5.92 Å². The molecule has 0 unspecified atom stereocenters. The minimum Gasteiger partial charge on any atom is -0.458 e. The maximum absolute atomic E-state index is 12.6. The van der Waals surface area contributed by atoms with Crippen molar-refractivity contribution in [1.82, 2.24) is 10.3 Å². The van der Waals surface area contributed by atoms with Gasteiger partial charge in [0.15, 0.2) is 0 Å². The summed E-state index contributed by atoms with van der Waals surface area (Å²) in [6.07, 6.45) is 3.85. The Morgan fingerprint density at radius 1 is 1.35 bits per heavy atom. The molecule has 0 radical (unpaired) electrons. The maximum Gasteiger partial charge on any atom is 0.307 e. The number of hydrogen-bond acceptors (Lipinski definition) is 5. The van der Waals surface area contributed by atoms with Gasteiger partial charge in [-0.05, 0) is 37.8 Å². The smallest absolute Gasteiger partial charge is 0.307 e. The highest BCUT2D eigenvalue weighted by atomic mass is 32.1. The van der Waals surface area contributed by atoms with Gasteiger partial charge >= 0.3 is 5.97 Å². The van der Waals surface area contributed by atoms with E-state index in [9.17, 15) is 9.59 Å². The molecule has 1 aliphatic heterocycles. The third-order valence-electron chi connectivity index (χ3n) is 4.84. The second kappa shape index (κ2) is 5.60. The van der Waals surface area contributed by atoms with Crippen molar-refractivity contribution in [2.24, 2.45) is 5.92 Å². The number of hydrogen-bond donors (Lipinski definition) is 1. The summed E-state index contributed by atoms with van der Waals surface area (Å²) in [5.41, 5.74) is 0.405. The lowest BCUT2D eigenvalue weighted by atomic mass is 9.85. The number of para-hydroxylation sites is 1. The van der Waals surface area contributed by atoms with Gasteiger partial charge in [-0.3, -0.25) is 9.59 Å². The minimum atomic E-state index is -0.547. The van der Waals surface area contributed by atoms with E-state index in [-0.39, 0.29) is 24.2 Å². The van der Waals surface area contributed by atoms with Crippen molar-refractivity contribution in [1.29, 1.82) is 0 Å². The van der Waals surface area contributed by atoms with Gasteiger partial charge in [-0.2, -0.15) is 0 Å². The molecule has 1 aromatic carbocycles. The number of carbonyl (C=O) groups is 2. The molecule has 2 aliphatic rings. The molecule has 1 spiro atoms. The average molecular weight is 330 g/mol. The molecule has 120 valence electrons. The number of nitrogens with zero attached hydrogens (tertiary/aromatic N) is 1. The molecule has 6 heteroatoms. The van der Waals surface area contributed by atoms with Gasteiger partial charge in [0.05, 0.1) is 29.1 Å². The molecule has 2 fully saturated rings. The molecule has 5 nitrogen and oxygen atoms in total. The van der Waals surface area contributed by atoms with Crippen LogP contribution < -0.4 is 5.32 Å². The summed E-state index contributed by atoms with van der Waals surface area (Å²) < 4.78 is 6.65. The Balaban J connectivity index is 1.46. The van der Waals surface area contributed by atoms with Crippen LogP contribution in [0.2, 0.25) is 0 Å². The lowest BCUT2D eigenvalue weighted by Gasteiger charge is -2.27. The summed E-state index contributed by atoms with van der Waals surface area (Å²) in [7, 11) is 0. The van der Waals surface area contributed by atoms with Crippen molar-refractivity contribution in [3.63, 3.8) is 0 Å². The van der Waals surface area contributed by atoms with Gasteiger partial charge < -0.3 is 10.1 Å². The number of aromatic nitrogens is 1. The van der Waals surface area contributed by atoms with Gasteiger partial charge in [-0.25, -0.2) is 4.98 Å².